The molecule has 1 fully saturated rings. The Hall–Kier alpha value is -1.33. The molecule has 1 N–H and O–H groups in total. The first-order chi connectivity index (χ1) is 8.65. The van der Waals surface area contributed by atoms with E-state index in [0.717, 1.165) is 31.2 Å². The van der Waals surface area contributed by atoms with Crippen LogP contribution < -0.4 is 0 Å². The van der Waals surface area contributed by atoms with Crippen LogP contribution in [0.5, 0.6) is 0 Å². The van der Waals surface area contributed by atoms with Gasteiger partial charge in [-0.2, -0.15) is 0 Å². The van der Waals surface area contributed by atoms with Crippen molar-refractivity contribution in [3.8, 4) is 0 Å². The van der Waals surface area contributed by atoms with Crippen LogP contribution in [-0.2, 0) is 0 Å². The zero-order chi connectivity index (χ0) is 13.0. The van der Waals surface area contributed by atoms with E-state index in [-0.39, 0.29) is 5.92 Å². The van der Waals surface area contributed by atoms with Crippen LogP contribution in [0, 0.1) is 13.5 Å². The van der Waals surface area contributed by atoms with Gasteiger partial charge in [0.1, 0.15) is 0 Å². The first-order valence-electron chi connectivity index (χ1n) is 6.78. The van der Waals surface area contributed by atoms with E-state index in [4.69, 9.17) is 6.57 Å². The number of hydrogen-bond donors (Lipinski definition) is 1. The predicted octanol–water partition coefficient (Wildman–Crippen LogP) is 3.69. The van der Waals surface area contributed by atoms with E-state index in [1.54, 1.807) is 0 Å². The van der Waals surface area contributed by atoms with Crippen molar-refractivity contribution in [2.45, 2.75) is 50.5 Å². The summed E-state index contributed by atoms with van der Waals surface area (Å²) in [4.78, 5) is 3.55. The molecule has 0 bridgehead atoms. The second kappa shape index (κ2) is 5.54. The molecule has 1 saturated carbocycles. The van der Waals surface area contributed by atoms with Crippen LogP contribution in [0.25, 0.3) is 4.85 Å². The molecule has 1 atom stereocenters. The molecule has 2 rings (SSSR count). The lowest BCUT2D eigenvalue weighted by atomic mass is 9.73. The zero-order valence-corrected chi connectivity index (χ0v) is 11.0. The molecule has 0 radical (unpaired) electrons. The smallest absolute Gasteiger partial charge is 0.224 e. The van der Waals surface area contributed by atoms with Gasteiger partial charge in [0.05, 0.1) is 11.5 Å². The first kappa shape index (κ1) is 13.1. The Morgan fingerprint density at radius 2 is 1.83 bits per heavy atom. The van der Waals surface area contributed by atoms with E-state index in [1.165, 1.54) is 12.0 Å². The van der Waals surface area contributed by atoms with Gasteiger partial charge in [-0.05, 0) is 25.3 Å². The van der Waals surface area contributed by atoms with Crippen LogP contribution in [-0.4, -0.2) is 17.3 Å². The highest BCUT2D eigenvalue weighted by molar-refractivity contribution is 5.28. The van der Waals surface area contributed by atoms with Gasteiger partial charge in [-0.3, -0.25) is 0 Å². The molecule has 0 amide bonds. The number of aryl methyl sites for hydroxylation is 1. The largest absolute Gasteiger partial charge is 0.389 e. The van der Waals surface area contributed by atoms with Crippen molar-refractivity contribution in [1.82, 2.24) is 0 Å². The fraction of sp³-hybridized carbons (Fsp3) is 0.562. The van der Waals surface area contributed by atoms with Gasteiger partial charge in [0, 0.05) is 0 Å². The van der Waals surface area contributed by atoms with E-state index in [2.05, 4.69) is 36.0 Å². The summed E-state index contributed by atoms with van der Waals surface area (Å²) in [6.07, 6.45) is 5.04. The highest BCUT2D eigenvalue weighted by Gasteiger charge is 2.40. The fourth-order valence-corrected chi connectivity index (χ4v) is 2.99. The minimum Gasteiger partial charge on any atom is -0.389 e. The lowest BCUT2D eigenvalue weighted by molar-refractivity contribution is -0.0175. The van der Waals surface area contributed by atoms with Gasteiger partial charge in [-0.1, -0.05) is 49.1 Å². The first-order valence-corrected chi connectivity index (χ1v) is 6.78. The van der Waals surface area contributed by atoms with Crippen molar-refractivity contribution in [3.63, 3.8) is 0 Å². The normalized spacial score (nSPS) is 20.1. The SMILES string of the molecule is [C-]#[N+]CC(c1ccc(C)cc1)C1(O)CCCCC1. The number of hydrogen-bond acceptors (Lipinski definition) is 1. The van der Waals surface area contributed by atoms with E-state index in [1.807, 2.05) is 0 Å². The topological polar surface area (TPSA) is 24.6 Å². The molecule has 18 heavy (non-hydrogen) atoms. The van der Waals surface area contributed by atoms with Gasteiger partial charge in [-0.15, -0.1) is 0 Å². The lowest BCUT2D eigenvalue weighted by Crippen LogP contribution is -2.39. The number of aliphatic hydroxyl groups is 1. The maximum Gasteiger partial charge on any atom is 0.224 e. The standard InChI is InChI=1S/C16H21NO/c1-13-6-8-14(9-7-13)15(12-17-2)16(18)10-4-3-5-11-16/h6-9,15,18H,3-5,10-12H2,1H3. The van der Waals surface area contributed by atoms with E-state index >= 15 is 0 Å². The minimum atomic E-state index is -0.669. The summed E-state index contributed by atoms with van der Waals surface area (Å²) in [6, 6.07) is 8.27. The average Bonchev–Trinajstić information content (AvgIpc) is 2.38. The van der Waals surface area contributed by atoms with Crippen molar-refractivity contribution in [2.24, 2.45) is 0 Å². The molecule has 2 heteroatoms. The fourth-order valence-electron chi connectivity index (χ4n) is 2.99. The molecule has 1 aromatic carbocycles. The van der Waals surface area contributed by atoms with Gasteiger partial charge in [0.2, 0.25) is 6.54 Å². The summed E-state index contributed by atoms with van der Waals surface area (Å²) in [5, 5.41) is 10.8. The molecule has 1 aliphatic rings. The van der Waals surface area contributed by atoms with Gasteiger partial charge in [0.15, 0.2) is 0 Å². The Kier molecular flexibility index (Phi) is 4.04. The molecule has 1 aromatic rings. The summed E-state index contributed by atoms with van der Waals surface area (Å²) >= 11 is 0. The Labute approximate surface area is 109 Å². The van der Waals surface area contributed by atoms with E-state index in [0.29, 0.717) is 6.54 Å². The molecule has 0 aliphatic heterocycles. The van der Waals surface area contributed by atoms with Crippen LogP contribution in [0.1, 0.15) is 49.1 Å². The van der Waals surface area contributed by atoms with Crippen molar-refractivity contribution >= 4 is 0 Å². The average molecular weight is 243 g/mol. The molecule has 1 aliphatic carbocycles. The molecule has 1 unspecified atom stereocenters. The summed E-state index contributed by atoms with van der Waals surface area (Å²) in [7, 11) is 0. The summed E-state index contributed by atoms with van der Waals surface area (Å²) in [6.45, 7) is 9.59. The Bertz CT molecular complexity index is 423. The Morgan fingerprint density at radius 3 is 2.39 bits per heavy atom. The van der Waals surface area contributed by atoms with Crippen LogP contribution in [0.15, 0.2) is 24.3 Å². The molecular weight excluding hydrogens is 222 g/mol. The van der Waals surface area contributed by atoms with Crippen molar-refractivity contribution in [1.29, 1.82) is 0 Å². The van der Waals surface area contributed by atoms with Gasteiger partial charge in [0.25, 0.3) is 0 Å². The second-order valence-corrected chi connectivity index (χ2v) is 5.47. The lowest BCUT2D eigenvalue weighted by Gasteiger charge is -2.37. The highest BCUT2D eigenvalue weighted by atomic mass is 16.3. The van der Waals surface area contributed by atoms with Crippen molar-refractivity contribution in [2.75, 3.05) is 6.54 Å². The minimum absolute atomic E-state index is 0.0316. The number of rotatable bonds is 3. The van der Waals surface area contributed by atoms with Crippen LogP contribution >= 0.6 is 0 Å². The van der Waals surface area contributed by atoms with Crippen LogP contribution in [0.2, 0.25) is 0 Å². The van der Waals surface area contributed by atoms with Crippen molar-refractivity contribution in [3.05, 3.63) is 46.8 Å². The number of nitrogens with zero attached hydrogens (tertiary/aromatic N) is 1. The summed E-state index contributed by atoms with van der Waals surface area (Å²) in [5.74, 6) is -0.0316. The number of benzene rings is 1. The second-order valence-electron chi connectivity index (χ2n) is 5.47. The third-order valence-corrected chi connectivity index (χ3v) is 4.12. The molecule has 2 nitrogen and oxygen atoms in total. The van der Waals surface area contributed by atoms with Crippen molar-refractivity contribution < 1.29 is 5.11 Å². The zero-order valence-electron chi connectivity index (χ0n) is 11.0. The van der Waals surface area contributed by atoms with Gasteiger partial charge >= 0.3 is 0 Å². The molecular formula is C16H21NO. The maximum atomic E-state index is 10.8. The maximum absolute atomic E-state index is 10.8. The van der Waals surface area contributed by atoms with Gasteiger partial charge < -0.3 is 9.95 Å². The van der Waals surface area contributed by atoms with E-state index in [9.17, 15) is 5.11 Å². The summed E-state index contributed by atoms with van der Waals surface area (Å²) in [5.41, 5.74) is 1.66. The quantitative estimate of drug-likeness (QED) is 0.804. The van der Waals surface area contributed by atoms with Gasteiger partial charge in [-0.25, -0.2) is 6.57 Å². The Morgan fingerprint density at radius 1 is 1.22 bits per heavy atom. The predicted molar refractivity (Wildman–Crippen MR) is 73.4 cm³/mol. The molecule has 0 heterocycles. The summed E-state index contributed by atoms with van der Waals surface area (Å²) < 4.78 is 0. The molecule has 96 valence electrons. The van der Waals surface area contributed by atoms with Crippen LogP contribution in [0.4, 0.5) is 0 Å². The Balaban J connectivity index is 2.27. The van der Waals surface area contributed by atoms with E-state index < -0.39 is 5.60 Å². The third kappa shape index (κ3) is 2.73. The highest BCUT2D eigenvalue weighted by Crippen LogP contribution is 2.40. The third-order valence-electron chi connectivity index (χ3n) is 4.12. The van der Waals surface area contributed by atoms with Crippen LogP contribution in [0.3, 0.4) is 0 Å². The molecule has 0 aromatic heterocycles. The molecule has 0 saturated heterocycles. The monoisotopic (exact) mass is 243 g/mol. The molecule has 0 spiro atoms.